The number of benzene rings is 1. The maximum absolute atomic E-state index is 12.5. The molecule has 1 aliphatic carbocycles. The Kier molecular flexibility index (Phi) is 5.17. The minimum Gasteiger partial charge on any atom is -0.393 e. The highest BCUT2D eigenvalue weighted by atomic mass is 32.2. The molecule has 4 nitrogen and oxygen atoms in total. The third-order valence-electron chi connectivity index (χ3n) is 4.98. The van der Waals surface area contributed by atoms with E-state index in [0.29, 0.717) is 6.54 Å². The number of aryl methyl sites for hydroxylation is 1. The van der Waals surface area contributed by atoms with Crippen LogP contribution in [0.5, 0.6) is 0 Å². The lowest BCUT2D eigenvalue weighted by Gasteiger charge is -2.30. The van der Waals surface area contributed by atoms with Gasteiger partial charge < -0.3 is 15.3 Å². The van der Waals surface area contributed by atoms with Gasteiger partial charge in [-0.1, -0.05) is 24.1 Å². The van der Waals surface area contributed by atoms with Gasteiger partial charge in [-0.2, -0.15) is 0 Å². The second-order valence-corrected chi connectivity index (χ2v) is 7.96. The number of carbonyl (C=O) groups is 1. The van der Waals surface area contributed by atoms with Crippen molar-refractivity contribution in [2.24, 2.45) is 5.92 Å². The molecule has 0 aromatic heterocycles. The molecule has 0 unspecified atom stereocenters. The van der Waals surface area contributed by atoms with E-state index in [4.69, 9.17) is 0 Å². The fourth-order valence-corrected chi connectivity index (χ4v) is 4.69. The molecule has 23 heavy (non-hydrogen) atoms. The molecule has 0 bridgehead atoms. The fraction of sp³-hybridized carbons (Fsp3) is 0.611. The maximum Gasteiger partial charge on any atom is 0.317 e. The normalized spacial score (nSPS) is 26.7. The van der Waals surface area contributed by atoms with Crippen LogP contribution in [0.4, 0.5) is 4.79 Å². The molecule has 0 spiro atoms. The van der Waals surface area contributed by atoms with Crippen LogP contribution < -0.4 is 5.32 Å². The molecule has 1 aliphatic heterocycles. The van der Waals surface area contributed by atoms with E-state index >= 15 is 0 Å². The lowest BCUT2D eigenvalue weighted by Crippen LogP contribution is -2.43. The summed E-state index contributed by atoms with van der Waals surface area (Å²) in [6.45, 7) is 2.72. The first-order valence-corrected chi connectivity index (χ1v) is 9.46. The zero-order valence-corrected chi connectivity index (χ0v) is 14.7. The number of urea groups is 1. The van der Waals surface area contributed by atoms with Gasteiger partial charge in [0.15, 0.2) is 0 Å². The van der Waals surface area contributed by atoms with Gasteiger partial charge >= 0.3 is 6.03 Å². The number of nitrogens with one attached hydrogen (secondary N) is 1. The topological polar surface area (TPSA) is 52.6 Å². The van der Waals surface area contributed by atoms with Crippen molar-refractivity contribution < 1.29 is 9.90 Å². The van der Waals surface area contributed by atoms with E-state index in [1.807, 2.05) is 18.8 Å². The highest BCUT2D eigenvalue weighted by molar-refractivity contribution is 7.99. The van der Waals surface area contributed by atoms with Crippen molar-refractivity contribution >= 4 is 17.8 Å². The Bertz CT molecular complexity index is 578. The average Bonchev–Trinajstić information content (AvgIpc) is 2.93. The molecule has 2 N–H and O–H groups in total. The molecular formula is C18H26N2O2S. The highest BCUT2D eigenvalue weighted by Gasteiger charge is 2.29. The van der Waals surface area contributed by atoms with Crippen molar-refractivity contribution in [3.63, 3.8) is 0 Å². The second-order valence-electron chi connectivity index (χ2n) is 6.82. The number of rotatable bonds is 3. The molecule has 0 radical (unpaired) electrons. The molecule has 2 amide bonds. The lowest BCUT2D eigenvalue weighted by molar-refractivity contribution is 0.113. The fourth-order valence-electron chi connectivity index (χ4n) is 3.59. The van der Waals surface area contributed by atoms with E-state index < -0.39 is 0 Å². The number of hydrogen-bond donors (Lipinski definition) is 2. The van der Waals surface area contributed by atoms with Gasteiger partial charge in [0.2, 0.25) is 0 Å². The van der Waals surface area contributed by atoms with E-state index in [2.05, 4.69) is 30.4 Å². The first kappa shape index (κ1) is 16.7. The van der Waals surface area contributed by atoms with Gasteiger partial charge in [-0.05, 0) is 37.8 Å². The maximum atomic E-state index is 12.5. The molecule has 0 saturated heterocycles. The first-order chi connectivity index (χ1) is 11.0. The van der Waals surface area contributed by atoms with Gasteiger partial charge in [0.05, 0.1) is 12.1 Å². The van der Waals surface area contributed by atoms with Gasteiger partial charge in [0, 0.05) is 30.2 Å². The number of thioether (sulfide) groups is 1. The van der Waals surface area contributed by atoms with Crippen molar-refractivity contribution in [3.05, 3.63) is 29.3 Å². The predicted molar refractivity (Wildman–Crippen MR) is 93.8 cm³/mol. The SMILES string of the molecule is Cc1ccc2c(c1)[C@H](NC(=O)N(C)C[C@H]1CCC[C@@H]1O)CCS2. The zero-order chi connectivity index (χ0) is 16.4. The molecule has 5 heteroatoms. The summed E-state index contributed by atoms with van der Waals surface area (Å²) < 4.78 is 0. The zero-order valence-electron chi connectivity index (χ0n) is 13.9. The summed E-state index contributed by atoms with van der Waals surface area (Å²) in [5.74, 6) is 1.26. The smallest absolute Gasteiger partial charge is 0.317 e. The summed E-state index contributed by atoms with van der Waals surface area (Å²) in [4.78, 5) is 15.5. The quantitative estimate of drug-likeness (QED) is 0.891. The van der Waals surface area contributed by atoms with Crippen molar-refractivity contribution in [1.82, 2.24) is 10.2 Å². The van der Waals surface area contributed by atoms with E-state index in [0.717, 1.165) is 31.4 Å². The van der Waals surface area contributed by atoms with E-state index in [-0.39, 0.29) is 24.1 Å². The van der Waals surface area contributed by atoms with Gasteiger partial charge in [-0.3, -0.25) is 0 Å². The Morgan fingerprint density at radius 2 is 2.22 bits per heavy atom. The first-order valence-electron chi connectivity index (χ1n) is 8.47. The minimum absolute atomic E-state index is 0.0338. The van der Waals surface area contributed by atoms with Crippen LogP contribution in [0, 0.1) is 12.8 Å². The number of fused-ring (bicyclic) bond motifs is 1. The summed E-state index contributed by atoms with van der Waals surface area (Å²) >= 11 is 1.87. The molecule has 126 valence electrons. The van der Waals surface area contributed by atoms with Crippen LogP contribution in [0.15, 0.2) is 23.1 Å². The Labute approximate surface area is 142 Å². The second kappa shape index (κ2) is 7.14. The standard InChI is InChI=1S/C18H26N2O2S/c1-12-6-7-17-14(10-12)15(8-9-23-17)19-18(22)20(2)11-13-4-3-5-16(13)21/h6-7,10,13,15-16,21H,3-5,8-9,11H2,1-2H3,(H,19,22)/t13-,15-,16+/m1/s1. The van der Waals surface area contributed by atoms with Crippen LogP contribution in [0.25, 0.3) is 0 Å². The summed E-state index contributed by atoms with van der Waals surface area (Å²) in [6, 6.07) is 6.53. The lowest BCUT2D eigenvalue weighted by atomic mass is 10.0. The van der Waals surface area contributed by atoms with Crippen LogP contribution in [0.3, 0.4) is 0 Å². The number of aliphatic hydroxyl groups is 1. The molecule has 1 aromatic rings. The van der Waals surface area contributed by atoms with Crippen LogP contribution >= 0.6 is 11.8 Å². The van der Waals surface area contributed by atoms with Crippen LogP contribution in [0.1, 0.15) is 42.9 Å². The largest absolute Gasteiger partial charge is 0.393 e. The van der Waals surface area contributed by atoms with Crippen LogP contribution in [0.2, 0.25) is 0 Å². The third kappa shape index (κ3) is 3.83. The summed E-state index contributed by atoms with van der Waals surface area (Å²) in [7, 11) is 1.83. The minimum atomic E-state index is -0.250. The van der Waals surface area contributed by atoms with Crippen molar-refractivity contribution in [1.29, 1.82) is 0 Å². The number of nitrogens with zero attached hydrogens (tertiary/aromatic N) is 1. The van der Waals surface area contributed by atoms with E-state index in [1.54, 1.807) is 4.90 Å². The van der Waals surface area contributed by atoms with E-state index in [1.165, 1.54) is 16.0 Å². The Morgan fingerprint density at radius 1 is 1.39 bits per heavy atom. The number of hydrogen-bond acceptors (Lipinski definition) is 3. The molecule has 1 saturated carbocycles. The van der Waals surface area contributed by atoms with Gasteiger partial charge in [0.1, 0.15) is 0 Å². The van der Waals surface area contributed by atoms with Gasteiger partial charge in [-0.15, -0.1) is 11.8 Å². The van der Waals surface area contributed by atoms with Crippen LogP contribution in [-0.2, 0) is 0 Å². The monoisotopic (exact) mass is 334 g/mol. The summed E-state index contributed by atoms with van der Waals surface area (Å²) in [5, 5.41) is 13.1. The highest BCUT2D eigenvalue weighted by Crippen LogP contribution is 2.36. The molecule has 2 aliphatic rings. The van der Waals surface area contributed by atoms with Crippen LogP contribution in [-0.4, -0.2) is 41.5 Å². The van der Waals surface area contributed by atoms with Gasteiger partial charge in [-0.25, -0.2) is 4.79 Å². The molecule has 3 atom stereocenters. The van der Waals surface area contributed by atoms with Crippen molar-refractivity contribution in [2.75, 3.05) is 19.3 Å². The third-order valence-corrected chi connectivity index (χ3v) is 6.10. The predicted octanol–water partition coefficient (Wildman–Crippen LogP) is 3.33. The molecule has 1 aromatic carbocycles. The summed E-state index contributed by atoms with van der Waals surface area (Å²) in [6.07, 6.45) is 3.66. The van der Waals surface area contributed by atoms with E-state index in [9.17, 15) is 9.90 Å². The average molecular weight is 334 g/mol. The molecule has 1 heterocycles. The Balaban J connectivity index is 1.63. The van der Waals surface area contributed by atoms with Gasteiger partial charge in [0.25, 0.3) is 0 Å². The number of carbonyl (C=O) groups excluding carboxylic acids is 1. The molecule has 3 rings (SSSR count). The van der Waals surface area contributed by atoms with Crippen molar-refractivity contribution in [2.45, 2.75) is 49.6 Å². The number of amides is 2. The Morgan fingerprint density at radius 3 is 2.96 bits per heavy atom. The number of aliphatic hydroxyl groups excluding tert-OH is 1. The van der Waals surface area contributed by atoms with Crippen molar-refractivity contribution in [3.8, 4) is 0 Å². The molecule has 1 fully saturated rings. The summed E-state index contributed by atoms with van der Waals surface area (Å²) in [5.41, 5.74) is 2.47. The Hall–Kier alpha value is -1.20. The molecular weight excluding hydrogens is 308 g/mol.